The summed E-state index contributed by atoms with van der Waals surface area (Å²) in [6, 6.07) is 7.74. The van der Waals surface area contributed by atoms with E-state index in [9.17, 15) is 14.0 Å². The number of hydrogen-bond acceptors (Lipinski definition) is 5. The SMILES string of the molecule is Cc1cc(C(=O)OCC(=O)NCCc2ccccc2F)on1. The highest BCUT2D eigenvalue weighted by Gasteiger charge is 2.14. The van der Waals surface area contributed by atoms with Crippen molar-refractivity contribution in [1.29, 1.82) is 0 Å². The highest BCUT2D eigenvalue weighted by atomic mass is 19.1. The lowest BCUT2D eigenvalue weighted by molar-refractivity contribution is -0.124. The molecule has 0 atom stereocenters. The molecule has 0 radical (unpaired) electrons. The summed E-state index contributed by atoms with van der Waals surface area (Å²) in [6.45, 7) is 1.48. The number of aryl methyl sites for hydroxylation is 1. The Morgan fingerprint density at radius 3 is 2.82 bits per heavy atom. The topological polar surface area (TPSA) is 81.4 Å². The maximum atomic E-state index is 13.4. The number of benzene rings is 1. The molecule has 116 valence electrons. The Morgan fingerprint density at radius 2 is 2.14 bits per heavy atom. The van der Waals surface area contributed by atoms with E-state index in [0.717, 1.165) is 0 Å². The van der Waals surface area contributed by atoms with E-state index in [-0.39, 0.29) is 18.1 Å². The average molecular weight is 306 g/mol. The van der Waals surface area contributed by atoms with Gasteiger partial charge in [-0.3, -0.25) is 4.79 Å². The zero-order valence-corrected chi connectivity index (χ0v) is 12.0. The smallest absolute Gasteiger partial charge is 0.377 e. The van der Waals surface area contributed by atoms with Crippen LogP contribution in [0.4, 0.5) is 4.39 Å². The fourth-order valence-electron chi connectivity index (χ4n) is 1.75. The van der Waals surface area contributed by atoms with Crippen LogP contribution in [-0.4, -0.2) is 30.2 Å². The van der Waals surface area contributed by atoms with Gasteiger partial charge < -0.3 is 14.6 Å². The van der Waals surface area contributed by atoms with Gasteiger partial charge in [0.1, 0.15) is 5.82 Å². The lowest BCUT2D eigenvalue weighted by atomic mass is 10.1. The zero-order chi connectivity index (χ0) is 15.9. The zero-order valence-electron chi connectivity index (χ0n) is 12.0. The molecule has 2 aromatic rings. The Kier molecular flexibility index (Phi) is 5.24. The molecule has 0 saturated heterocycles. The van der Waals surface area contributed by atoms with E-state index in [1.807, 2.05) is 0 Å². The van der Waals surface area contributed by atoms with Gasteiger partial charge in [-0.05, 0) is 25.0 Å². The van der Waals surface area contributed by atoms with Crippen LogP contribution in [0.2, 0.25) is 0 Å². The number of aromatic nitrogens is 1. The molecule has 7 heteroatoms. The van der Waals surface area contributed by atoms with E-state index in [4.69, 9.17) is 9.26 Å². The van der Waals surface area contributed by atoms with Gasteiger partial charge in [-0.25, -0.2) is 9.18 Å². The van der Waals surface area contributed by atoms with Crippen molar-refractivity contribution in [1.82, 2.24) is 10.5 Å². The number of nitrogens with one attached hydrogen (secondary N) is 1. The van der Waals surface area contributed by atoms with Crippen LogP contribution in [-0.2, 0) is 16.0 Å². The molecule has 1 heterocycles. The number of esters is 1. The van der Waals surface area contributed by atoms with Crippen molar-refractivity contribution in [2.75, 3.05) is 13.2 Å². The Hall–Kier alpha value is -2.70. The molecule has 0 aliphatic heterocycles. The number of halogens is 1. The van der Waals surface area contributed by atoms with Crippen LogP contribution in [0.1, 0.15) is 21.8 Å². The molecular formula is C15H15FN2O4. The van der Waals surface area contributed by atoms with Crippen LogP contribution in [0.3, 0.4) is 0 Å². The highest BCUT2D eigenvalue weighted by molar-refractivity contribution is 5.88. The minimum absolute atomic E-state index is 0.0587. The molecule has 2 rings (SSSR count). The summed E-state index contributed by atoms with van der Waals surface area (Å²) in [5.74, 6) is -1.61. The largest absolute Gasteiger partial charge is 0.450 e. The molecule has 22 heavy (non-hydrogen) atoms. The summed E-state index contributed by atoms with van der Waals surface area (Å²) in [7, 11) is 0. The molecule has 1 aromatic heterocycles. The Bertz CT molecular complexity index is 669. The van der Waals surface area contributed by atoms with E-state index < -0.39 is 18.5 Å². The molecule has 0 fully saturated rings. The van der Waals surface area contributed by atoms with Crippen molar-refractivity contribution in [2.45, 2.75) is 13.3 Å². The lowest BCUT2D eigenvalue weighted by Crippen LogP contribution is -2.30. The van der Waals surface area contributed by atoms with E-state index in [0.29, 0.717) is 17.7 Å². The van der Waals surface area contributed by atoms with Crippen LogP contribution in [0.15, 0.2) is 34.9 Å². The molecule has 0 unspecified atom stereocenters. The van der Waals surface area contributed by atoms with Gasteiger partial charge in [0, 0.05) is 12.6 Å². The fourth-order valence-corrected chi connectivity index (χ4v) is 1.75. The van der Waals surface area contributed by atoms with Gasteiger partial charge in [-0.15, -0.1) is 0 Å². The molecular weight excluding hydrogens is 291 g/mol. The minimum Gasteiger partial charge on any atom is -0.450 e. The first-order valence-electron chi connectivity index (χ1n) is 6.67. The molecule has 0 saturated carbocycles. The van der Waals surface area contributed by atoms with E-state index in [2.05, 4.69) is 10.5 Å². The van der Waals surface area contributed by atoms with Gasteiger partial charge in [0.05, 0.1) is 5.69 Å². The molecule has 0 bridgehead atoms. The average Bonchev–Trinajstić information content (AvgIpc) is 2.93. The summed E-state index contributed by atoms with van der Waals surface area (Å²) >= 11 is 0. The third-order valence-electron chi connectivity index (χ3n) is 2.84. The highest BCUT2D eigenvalue weighted by Crippen LogP contribution is 2.06. The van der Waals surface area contributed by atoms with Crippen LogP contribution < -0.4 is 5.32 Å². The van der Waals surface area contributed by atoms with Crippen LogP contribution in [0, 0.1) is 12.7 Å². The van der Waals surface area contributed by atoms with Crippen molar-refractivity contribution < 1.29 is 23.2 Å². The Balaban J connectivity index is 1.70. The minimum atomic E-state index is -0.759. The van der Waals surface area contributed by atoms with Crippen molar-refractivity contribution in [2.24, 2.45) is 0 Å². The van der Waals surface area contributed by atoms with Crippen LogP contribution in [0.25, 0.3) is 0 Å². The molecule has 1 amide bonds. The van der Waals surface area contributed by atoms with E-state index >= 15 is 0 Å². The van der Waals surface area contributed by atoms with Gasteiger partial charge >= 0.3 is 5.97 Å². The molecule has 0 aliphatic rings. The number of rotatable bonds is 6. The second-order valence-electron chi connectivity index (χ2n) is 4.60. The molecule has 1 aromatic carbocycles. The summed E-state index contributed by atoms with van der Waals surface area (Å²) in [5, 5.41) is 6.09. The lowest BCUT2D eigenvalue weighted by Gasteiger charge is -2.06. The van der Waals surface area contributed by atoms with Crippen molar-refractivity contribution in [3.8, 4) is 0 Å². The second kappa shape index (κ2) is 7.35. The third kappa shape index (κ3) is 4.41. The summed E-state index contributed by atoms with van der Waals surface area (Å²) < 4.78 is 22.8. The van der Waals surface area contributed by atoms with Crippen LogP contribution >= 0.6 is 0 Å². The summed E-state index contributed by atoms with van der Waals surface area (Å²) in [6.07, 6.45) is 0.355. The first-order valence-corrected chi connectivity index (χ1v) is 6.67. The van der Waals surface area contributed by atoms with Crippen molar-refractivity contribution >= 4 is 11.9 Å². The van der Waals surface area contributed by atoms with Gasteiger partial charge in [0.15, 0.2) is 6.61 Å². The van der Waals surface area contributed by atoms with Crippen molar-refractivity contribution in [3.63, 3.8) is 0 Å². The van der Waals surface area contributed by atoms with Gasteiger partial charge in [-0.2, -0.15) is 0 Å². The number of nitrogens with zero attached hydrogens (tertiary/aromatic N) is 1. The number of ether oxygens (including phenoxy) is 1. The Morgan fingerprint density at radius 1 is 1.36 bits per heavy atom. The monoisotopic (exact) mass is 306 g/mol. The first-order chi connectivity index (χ1) is 10.6. The first kappa shape index (κ1) is 15.7. The molecule has 6 nitrogen and oxygen atoms in total. The molecule has 0 spiro atoms. The predicted molar refractivity (Wildman–Crippen MR) is 74.6 cm³/mol. The number of amides is 1. The van der Waals surface area contributed by atoms with E-state index in [1.165, 1.54) is 12.1 Å². The predicted octanol–water partition coefficient (Wildman–Crippen LogP) is 1.64. The second-order valence-corrected chi connectivity index (χ2v) is 4.60. The number of hydrogen-bond donors (Lipinski definition) is 1. The number of carbonyl (C=O) groups excluding carboxylic acids is 2. The molecule has 1 N–H and O–H groups in total. The number of carbonyl (C=O) groups is 2. The van der Waals surface area contributed by atoms with Crippen molar-refractivity contribution in [3.05, 3.63) is 53.2 Å². The summed E-state index contributed by atoms with van der Waals surface area (Å²) in [4.78, 5) is 23.0. The van der Waals surface area contributed by atoms with Gasteiger partial charge in [0.2, 0.25) is 5.76 Å². The van der Waals surface area contributed by atoms with Gasteiger partial charge in [0.25, 0.3) is 5.91 Å². The maximum absolute atomic E-state index is 13.4. The van der Waals surface area contributed by atoms with Gasteiger partial charge in [-0.1, -0.05) is 23.4 Å². The third-order valence-corrected chi connectivity index (χ3v) is 2.84. The standard InChI is InChI=1S/C15H15FN2O4/c1-10-8-13(22-18-10)15(20)21-9-14(19)17-7-6-11-4-2-3-5-12(11)16/h2-5,8H,6-7,9H2,1H3,(H,17,19). The Labute approximate surface area is 126 Å². The maximum Gasteiger partial charge on any atom is 0.377 e. The van der Waals surface area contributed by atoms with Crippen LogP contribution in [0.5, 0.6) is 0 Å². The fraction of sp³-hybridized carbons (Fsp3) is 0.267. The normalized spacial score (nSPS) is 10.3. The quantitative estimate of drug-likeness (QED) is 0.820. The van der Waals surface area contributed by atoms with E-state index in [1.54, 1.807) is 25.1 Å². The molecule has 0 aliphatic carbocycles. The summed E-state index contributed by atoms with van der Waals surface area (Å²) in [5.41, 5.74) is 1.05.